The van der Waals surface area contributed by atoms with E-state index < -0.39 is 23.4 Å². The summed E-state index contributed by atoms with van der Waals surface area (Å²) in [7, 11) is 0. The van der Waals surface area contributed by atoms with Gasteiger partial charge in [-0.05, 0) is 6.42 Å². The molecule has 0 aromatic carbocycles. The predicted octanol–water partition coefficient (Wildman–Crippen LogP) is 0.552. The zero-order chi connectivity index (χ0) is 14.4. The molecule has 9 heteroatoms. The highest BCUT2D eigenvalue weighted by molar-refractivity contribution is 5.92. The lowest BCUT2D eigenvalue weighted by Gasteiger charge is -2.07. The van der Waals surface area contributed by atoms with E-state index in [-0.39, 0.29) is 11.4 Å². The molecule has 104 valence electrons. The summed E-state index contributed by atoms with van der Waals surface area (Å²) >= 11 is 0. The molecule has 1 heterocycles. The minimum absolute atomic E-state index is 0.0407. The first-order valence-electron chi connectivity index (χ1n) is 5.44. The molecule has 0 bridgehead atoms. The Morgan fingerprint density at radius 1 is 1.58 bits per heavy atom. The highest BCUT2D eigenvalue weighted by Gasteiger charge is 2.19. The lowest BCUT2D eigenvalue weighted by molar-refractivity contribution is -0.384. The normalized spacial score (nSPS) is 10.2. The lowest BCUT2D eigenvalue weighted by atomic mass is 10.4. The van der Waals surface area contributed by atoms with Gasteiger partial charge in [-0.15, -0.1) is 0 Å². The number of carboxylic acids is 1. The molecule has 0 atom stereocenters. The molecule has 0 unspecified atom stereocenters. The first-order chi connectivity index (χ1) is 8.95. The second-order valence-corrected chi connectivity index (χ2v) is 3.65. The fourth-order valence-corrected chi connectivity index (χ4v) is 1.43. The Morgan fingerprint density at radius 2 is 2.26 bits per heavy atom. The molecule has 1 amide bonds. The number of carbonyl (C=O) groups excluding carboxylic acids is 1. The van der Waals surface area contributed by atoms with E-state index in [1.54, 1.807) is 0 Å². The van der Waals surface area contributed by atoms with Gasteiger partial charge in [-0.1, -0.05) is 6.92 Å². The molecule has 1 aromatic rings. The summed E-state index contributed by atoms with van der Waals surface area (Å²) in [5, 5.41) is 19.0. The number of aliphatic carboxylic acids is 1. The number of carbonyl (C=O) groups is 2. The van der Waals surface area contributed by atoms with Crippen molar-refractivity contribution >= 4 is 17.6 Å². The van der Waals surface area contributed by atoms with Crippen molar-refractivity contribution < 1.29 is 24.5 Å². The molecule has 0 aliphatic carbocycles. The van der Waals surface area contributed by atoms with Crippen molar-refractivity contribution in [3.8, 4) is 0 Å². The Labute approximate surface area is 107 Å². The Bertz CT molecular complexity index is 495. The molecule has 19 heavy (non-hydrogen) atoms. The van der Waals surface area contributed by atoms with Crippen LogP contribution in [0.1, 0.15) is 23.8 Å². The maximum Gasteiger partial charge on any atom is 0.332 e. The number of aryl methyl sites for hydroxylation is 1. The maximum atomic E-state index is 11.7. The zero-order valence-electron chi connectivity index (χ0n) is 10.2. The number of rotatable bonds is 7. The van der Waals surface area contributed by atoms with Gasteiger partial charge in [0, 0.05) is 12.6 Å². The number of nitrogens with one attached hydrogen (secondary N) is 1. The predicted molar refractivity (Wildman–Crippen MR) is 62.4 cm³/mol. The molecule has 0 radical (unpaired) electrons. The van der Waals surface area contributed by atoms with Crippen LogP contribution in [-0.2, 0) is 16.2 Å². The van der Waals surface area contributed by atoms with Crippen molar-refractivity contribution in [1.82, 2.24) is 10.0 Å². The van der Waals surface area contributed by atoms with Gasteiger partial charge in [-0.25, -0.2) is 10.3 Å². The topological polar surface area (TPSA) is 124 Å². The van der Waals surface area contributed by atoms with Gasteiger partial charge in [0.2, 0.25) is 0 Å². The van der Waals surface area contributed by atoms with Gasteiger partial charge in [-0.2, -0.15) is 0 Å². The number of nitrogens with zero attached hydrogens (tertiary/aromatic N) is 2. The van der Waals surface area contributed by atoms with Crippen molar-refractivity contribution in [3.63, 3.8) is 0 Å². The molecule has 0 fully saturated rings. The molecule has 0 spiro atoms. The molecule has 2 N–H and O–H groups in total. The molecule has 0 aliphatic rings. The average molecular weight is 271 g/mol. The number of hydroxylamine groups is 1. The summed E-state index contributed by atoms with van der Waals surface area (Å²) in [6.45, 7) is 1.59. The third kappa shape index (κ3) is 4.07. The number of hydrogen-bond donors (Lipinski definition) is 2. The van der Waals surface area contributed by atoms with Gasteiger partial charge in [-0.3, -0.25) is 19.7 Å². The molecular formula is C10H13N3O6. The van der Waals surface area contributed by atoms with Crippen LogP contribution in [0.3, 0.4) is 0 Å². The first kappa shape index (κ1) is 14.6. The Kier molecular flexibility index (Phi) is 5.01. The second-order valence-electron chi connectivity index (χ2n) is 3.65. The quantitative estimate of drug-likeness (QED) is 0.551. The molecule has 1 aromatic heterocycles. The first-order valence-corrected chi connectivity index (χ1v) is 5.44. The summed E-state index contributed by atoms with van der Waals surface area (Å²) in [5.41, 5.74) is 1.75. The Morgan fingerprint density at radius 3 is 2.79 bits per heavy atom. The van der Waals surface area contributed by atoms with Crippen molar-refractivity contribution in [2.45, 2.75) is 19.9 Å². The highest BCUT2D eigenvalue weighted by Crippen LogP contribution is 2.16. The fraction of sp³-hybridized carbons (Fsp3) is 0.400. The molecule has 0 saturated heterocycles. The van der Waals surface area contributed by atoms with E-state index >= 15 is 0 Å². The number of amides is 1. The van der Waals surface area contributed by atoms with Crippen LogP contribution in [0.25, 0.3) is 0 Å². The van der Waals surface area contributed by atoms with Gasteiger partial charge in [0.1, 0.15) is 5.69 Å². The van der Waals surface area contributed by atoms with E-state index in [0.717, 1.165) is 6.07 Å². The van der Waals surface area contributed by atoms with Crippen LogP contribution in [0.5, 0.6) is 0 Å². The van der Waals surface area contributed by atoms with Crippen molar-refractivity contribution in [2.24, 2.45) is 0 Å². The van der Waals surface area contributed by atoms with Crippen LogP contribution >= 0.6 is 0 Å². The van der Waals surface area contributed by atoms with Crippen molar-refractivity contribution in [2.75, 3.05) is 6.61 Å². The lowest BCUT2D eigenvalue weighted by Crippen LogP contribution is -2.28. The SMILES string of the molecule is CCCn1cc([N+](=O)[O-])cc1C(=O)NOCC(=O)O. The van der Waals surface area contributed by atoms with Gasteiger partial charge in [0.15, 0.2) is 6.61 Å². The van der Waals surface area contributed by atoms with E-state index in [1.165, 1.54) is 10.8 Å². The van der Waals surface area contributed by atoms with Crippen molar-refractivity contribution in [1.29, 1.82) is 0 Å². The van der Waals surface area contributed by atoms with Crippen LogP contribution in [0, 0.1) is 10.1 Å². The third-order valence-corrected chi connectivity index (χ3v) is 2.15. The minimum atomic E-state index is -1.24. The van der Waals surface area contributed by atoms with Crippen LogP contribution in [-0.4, -0.2) is 33.1 Å². The molecular weight excluding hydrogens is 258 g/mol. The maximum absolute atomic E-state index is 11.7. The number of carboxylic acid groups (broad SMARTS) is 1. The standard InChI is InChI=1S/C10H13N3O6/c1-2-3-12-5-7(13(17)18)4-8(12)10(16)11-19-6-9(14)15/h4-5H,2-3,6H2,1H3,(H,11,16)(H,14,15). The van der Waals surface area contributed by atoms with Crippen LogP contribution in [0.15, 0.2) is 12.3 Å². The van der Waals surface area contributed by atoms with Gasteiger partial charge in [0.25, 0.3) is 11.6 Å². The number of hydrogen-bond acceptors (Lipinski definition) is 5. The van der Waals surface area contributed by atoms with E-state index in [9.17, 15) is 19.7 Å². The van der Waals surface area contributed by atoms with Crippen LogP contribution < -0.4 is 5.48 Å². The summed E-state index contributed by atoms with van der Waals surface area (Å²) in [6, 6.07) is 1.11. The second kappa shape index (κ2) is 6.50. The Balaban J connectivity index is 2.81. The third-order valence-electron chi connectivity index (χ3n) is 2.15. The molecule has 0 aliphatic heterocycles. The van der Waals surface area contributed by atoms with Gasteiger partial charge < -0.3 is 9.67 Å². The van der Waals surface area contributed by atoms with Crippen LogP contribution in [0.4, 0.5) is 5.69 Å². The van der Waals surface area contributed by atoms with E-state index in [2.05, 4.69) is 4.84 Å². The Hall–Kier alpha value is -2.42. The summed E-state index contributed by atoms with van der Waals surface area (Å²) in [6.07, 6.45) is 1.93. The van der Waals surface area contributed by atoms with Gasteiger partial charge >= 0.3 is 5.97 Å². The van der Waals surface area contributed by atoms with E-state index in [0.29, 0.717) is 13.0 Å². The van der Waals surface area contributed by atoms with Crippen molar-refractivity contribution in [3.05, 3.63) is 28.1 Å². The van der Waals surface area contributed by atoms with Gasteiger partial charge in [0.05, 0.1) is 11.1 Å². The fourth-order valence-electron chi connectivity index (χ4n) is 1.43. The number of aromatic nitrogens is 1. The van der Waals surface area contributed by atoms with Crippen LogP contribution in [0.2, 0.25) is 0 Å². The molecule has 9 nitrogen and oxygen atoms in total. The molecule has 1 rings (SSSR count). The zero-order valence-corrected chi connectivity index (χ0v) is 10.2. The average Bonchev–Trinajstić information content (AvgIpc) is 2.73. The highest BCUT2D eigenvalue weighted by atomic mass is 16.7. The van der Waals surface area contributed by atoms with E-state index in [1.807, 2.05) is 12.4 Å². The summed E-state index contributed by atoms with van der Waals surface area (Å²) in [5.74, 6) is -1.97. The summed E-state index contributed by atoms with van der Waals surface area (Å²) in [4.78, 5) is 36.4. The smallest absolute Gasteiger partial charge is 0.332 e. The largest absolute Gasteiger partial charge is 0.479 e. The minimum Gasteiger partial charge on any atom is -0.479 e. The molecule has 0 saturated carbocycles. The number of nitro groups is 1. The van der Waals surface area contributed by atoms with E-state index in [4.69, 9.17) is 5.11 Å². The monoisotopic (exact) mass is 271 g/mol. The summed E-state index contributed by atoms with van der Waals surface area (Å²) < 4.78 is 1.41.